The molecule has 0 aliphatic rings. The molecule has 0 fully saturated rings. The van der Waals surface area contributed by atoms with Crippen LogP contribution in [0.2, 0.25) is 76.2 Å². The molecule has 15 heteroatoms. The Hall–Kier alpha value is 0.104. The third-order valence-corrected chi connectivity index (χ3v) is 28.3. The SMILES string of the molecule is CCCCCCCCCCCCCCCCC(O)(CO)C(=O)C[Si](C)(C)O[Si](O[Si](C)(C)C)(O[Si](C)(C)CC(=O)C(O)CO)C(C)[Si](C)(C)O. The van der Waals surface area contributed by atoms with Gasteiger partial charge in [0.25, 0.3) is 0 Å². The lowest BCUT2D eigenvalue weighted by molar-refractivity contribution is -0.140. The second-order valence-electron chi connectivity index (χ2n) is 17.4. The van der Waals surface area contributed by atoms with E-state index in [1.807, 2.05) is 52.8 Å². The molecule has 0 aromatic carbocycles. The number of ketones is 2. The van der Waals surface area contributed by atoms with Crippen LogP contribution in [0.15, 0.2) is 0 Å². The Morgan fingerprint density at radius 2 is 1.06 bits per heavy atom. The van der Waals surface area contributed by atoms with Crippen molar-refractivity contribution in [2.75, 3.05) is 13.2 Å². The quantitative estimate of drug-likeness (QED) is 0.0352. The van der Waals surface area contributed by atoms with Crippen LogP contribution in [0.1, 0.15) is 110 Å². The zero-order chi connectivity index (χ0) is 38.9. The summed E-state index contributed by atoms with van der Waals surface area (Å²) >= 11 is 0. The molecule has 0 rings (SSSR count). The van der Waals surface area contributed by atoms with Gasteiger partial charge in [-0.3, -0.25) is 9.59 Å². The lowest BCUT2D eigenvalue weighted by Crippen LogP contribution is -2.67. The van der Waals surface area contributed by atoms with Gasteiger partial charge in [0, 0.05) is 17.3 Å². The first-order valence-corrected chi connectivity index (χ1v) is 33.9. The van der Waals surface area contributed by atoms with E-state index < -0.39 is 83.7 Å². The van der Waals surface area contributed by atoms with Gasteiger partial charge in [-0.1, -0.05) is 104 Å². The molecule has 0 amide bonds. The van der Waals surface area contributed by atoms with Gasteiger partial charge >= 0.3 is 8.80 Å². The Morgan fingerprint density at radius 3 is 1.42 bits per heavy atom. The first-order chi connectivity index (χ1) is 22.9. The number of aliphatic hydroxyl groups excluding tert-OH is 3. The molecule has 5 N–H and O–H groups in total. The van der Waals surface area contributed by atoms with E-state index in [0.29, 0.717) is 6.42 Å². The van der Waals surface area contributed by atoms with Crippen LogP contribution in [0.5, 0.6) is 0 Å². The summed E-state index contributed by atoms with van der Waals surface area (Å²) in [6.07, 6.45) is 15.4. The summed E-state index contributed by atoms with van der Waals surface area (Å²) in [7, 11) is -15.3. The molecule has 298 valence electrons. The highest BCUT2D eigenvalue weighted by molar-refractivity contribution is 6.98. The van der Waals surface area contributed by atoms with Gasteiger partial charge in [0.05, 0.1) is 13.2 Å². The molecule has 0 spiro atoms. The number of carbonyl (C=O) groups is 2. The summed E-state index contributed by atoms with van der Waals surface area (Å²) < 4.78 is 20.7. The van der Waals surface area contributed by atoms with Crippen molar-refractivity contribution in [2.45, 2.75) is 198 Å². The highest BCUT2D eigenvalue weighted by atomic mass is 28.5. The molecular formula is C35H78O10Si5. The number of carbonyl (C=O) groups excluding carboxylic acids is 2. The summed E-state index contributed by atoms with van der Waals surface area (Å²) in [6, 6.07) is -0.174. The lowest BCUT2D eigenvalue weighted by atomic mass is 9.92. The fourth-order valence-electron chi connectivity index (χ4n) is 6.14. The Balaban J connectivity index is 5.59. The van der Waals surface area contributed by atoms with Gasteiger partial charge in [-0.25, -0.2) is 0 Å². The molecule has 0 saturated heterocycles. The number of aliphatic hydroxyl groups is 4. The highest BCUT2D eigenvalue weighted by Gasteiger charge is 2.60. The summed E-state index contributed by atoms with van der Waals surface area (Å²) in [4.78, 5) is 37.8. The van der Waals surface area contributed by atoms with Crippen molar-refractivity contribution < 1.29 is 47.2 Å². The average Bonchev–Trinajstić information content (AvgIpc) is 2.97. The summed E-state index contributed by atoms with van der Waals surface area (Å²) in [5.41, 5.74) is -1.87. The average molecular weight is 799 g/mol. The van der Waals surface area contributed by atoms with Gasteiger partial charge in [0.1, 0.15) is 11.7 Å². The first kappa shape index (κ1) is 50.1. The van der Waals surface area contributed by atoms with E-state index in [4.69, 9.17) is 12.3 Å². The summed E-state index contributed by atoms with van der Waals surface area (Å²) in [5, 5.41) is 40.4. The molecule has 0 bridgehead atoms. The van der Waals surface area contributed by atoms with Crippen molar-refractivity contribution in [1.82, 2.24) is 0 Å². The second-order valence-corrected chi connectivity index (χ2v) is 38.6. The number of rotatable bonds is 31. The van der Waals surface area contributed by atoms with Gasteiger partial charge in [0.15, 0.2) is 44.8 Å². The number of hydrogen-bond acceptors (Lipinski definition) is 10. The van der Waals surface area contributed by atoms with Gasteiger partial charge in [0.2, 0.25) is 0 Å². The molecule has 50 heavy (non-hydrogen) atoms. The Bertz CT molecular complexity index is 973. The van der Waals surface area contributed by atoms with Gasteiger partial charge < -0.3 is 37.6 Å². The fraction of sp³-hybridized carbons (Fsp3) is 0.943. The predicted octanol–water partition coefficient (Wildman–Crippen LogP) is 7.43. The third-order valence-electron chi connectivity index (χ3n) is 9.33. The van der Waals surface area contributed by atoms with E-state index in [2.05, 4.69) is 6.92 Å². The Labute approximate surface area is 311 Å². The maximum absolute atomic E-state index is 13.7. The Kier molecular flexibility index (Phi) is 23.2. The zero-order valence-corrected chi connectivity index (χ0v) is 38.9. The molecule has 10 nitrogen and oxygen atoms in total. The molecule has 0 aliphatic carbocycles. The van der Waals surface area contributed by atoms with Crippen molar-refractivity contribution in [1.29, 1.82) is 0 Å². The molecule has 4 atom stereocenters. The van der Waals surface area contributed by atoms with Crippen LogP contribution < -0.4 is 0 Å². The van der Waals surface area contributed by atoms with E-state index in [-0.39, 0.29) is 18.5 Å². The number of Topliss-reactive ketones (excluding diaryl/α,β-unsaturated/α-hetero) is 2. The molecule has 0 aliphatic heterocycles. The maximum Gasteiger partial charge on any atom is 0.472 e. The highest BCUT2D eigenvalue weighted by Crippen LogP contribution is 2.40. The third kappa shape index (κ3) is 20.5. The summed E-state index contributed by atoms with van der Waals surface area (Å²) in [5.74, 6) is -0.996. The van der Waals surface area contributed by atoms with Crippen LogP contribution in [0.3, 0.4) is 0 Å². The fourth-order valence-corrected chi connectivity index (χ4v) is 27.3. The molecule has 0 saturated carbocycles. The molecule has 0 heterocycles. The Morgan fingerprint density at radius 1 is 0.660 bits per heavy atom. The van der Waals surface area contributed by atoms with Gasteiger partial charge in [-0.2, -0.15) is 0 Å². The molecule has 4 unspecified atom stereocenters. The first-order valence-electron chi connectivity index (χ1n) is 19.4. The van der Waals surface area contributed by atoms with Crippen molar-refractivity contribution in [3.63, 3.8) is 0 Å². The minimum Gasteiger partial charge on any atom is -0.432 e. The van der Waals surface area contributed by atoms with Crippen LogP contribution in [0.25, 0.3) is 0 Å². The van der Waals surface area contributed by atoms with Crippen LogP contribution >= 0.6 is 0 Å². The monoisotopic (exact) mass is 798 g/mol. The smallest absolute Gasteiger partial charge is 0.432 e. The van der Waals surface area contributed by atoms with Crippen LogP contribution in [-0.2, 0) is 21.9 Å². The molecule has 0 radical (unpaired) electrons. The van der Waals surface area contributed by atoms with Gasteiger partial charge in [-0.15, -0.1) is 0 Å². The predicted molar refractivity (Wildman–Crippen MR) is 216 cm³/mol. The van der Waals surface area contributed by atoms with Crippen LogP contribution in [-0.4, -0.2) is 104 Å². The molecule has 0 aromatic rings. The largest absolute Gasteiger partial charge is 0.472 e. The number of hydrogen-bond donors (Lipinski definition) is 5. The van der Waals surface area contributed by atoms with Gasteiger partial charge in [-0.05, 0) is 65.3 Å². The van der Waals surface area contributed by atoms with Crippen molar-refractivity contribution in [2.24, 2.45) is 0 Å². The summed E-state index contributed by atoms with van der Waals surface area (Å²) in [6.45, 7) is 19.7. The second kappa shape index (κ2) is 23.1. The normalized spacial score (nSPS) is 16.9. The van der Waals surface area contributed by atoms with E-state index in [1.165, 1.54) is 64.2 Å². The lowest BCUT2D eigenvalue weighted by Gasteiger charge is -2.49. The maximum atomic E-state index is 13.7. The van der Waals surface area contributed by atoms with E-state index in [9.17, 15) is 34.8 Å². The van der Waals surface area contributed by atoms with Crippen molar-refractivity contribution in [3.05, 3.63) is 0 Å². The topological polar surface area (TPSA) is 163 Å². The minimum atomic E-state index is -3.85. The van der Waals surface area contributed by atoms with Crippen LogP contribution in [0.4, 0.5) is 0 Å². The molecule has 0 aromatic heterocycles. The van der Waals surface area contributed by atoms with Crippen molar-refractivity contribution >= 4 is 53.6 Å². The zero-order valence-electron chi connectivity index (χ0n) is 33.9. The standard InChI is InChI=1S/C35H78O10Si5/c1-12-13-14-15-16-17-18-19-20-21-22-23-24-25-26-35(41,30-37)34(40)29-48(8,9)45-50(43-46(3,4)5,31(2)49(10,11)42)44-47(6,7)28-33(39)32(38)27-36/h31-32,36-38,41-42H,12-30H2,1-11H3. The minimum absolute atomic E-state index is 0.0832. The van der Waals surface area contributed by atoms with E-state index in [0.717, 1.165) is 19.3 Å². The van der Waals surface area contributed by atoms with E-state index >= 15 is 0 Å². The van der Waals surface area contributed by atoms with Crippen LogP contribution in [0, 0.1) is 0 Å². The number of unbranched alkanes of at least 4 members (excludes halogenated alkanes) is 13. The van der Waals surface area contributed by atoms with E-state index in [1.54, 1.807) is 13.1 Å². The molecular weight excluding hydrogens is 721 g/mol. The van der Waals surface area contributed by atoms with Crippen molar-refractivity contribution in [3.8, 4) is 0 Å².